The van der Waals surface area contributed by atoms with Crippen LogP contribution < -0.4 is 10.2 Å². The molecule has 0 bridgehead atoms. The largest absolute Gasteiger partial charge is 0.304 e. The molecule has 0 radical (unpaired) electrons. The van der Waals surface area contributed by atoms with Crippen molar-refractivity contribution in [3.63, 3.8) is 0 Å². The number of rotatable bonds is 6. The fourth-order valence-electron chi connectivity index (χ4n) is 1.94. The van der Waals surface area contributed by atoms with Gasteiger partial charge in [-0.25, -0.2) is 14.3 Å². The van der Waals surface area contributed by atoms with Crippen molar-refractivity contribution < 1.29 is 13.3 Å². The molecule has 0 saturated heterocycles. The number of benzene rings is 2. The second kappa shape index (κ2) is 6.71. The summed E-state index contributed by atoms with van der Waals surface area (Å²) in [5.74, 6) is 4.98. The quantitative estimate of drug-likeness (QED) is 0.828. The molecule has 0 amide bonds. The molecule has 2 aromatic carbocycles. The predicted molar refractivity (Wildman–Crippen MR) is 82.3 cm³/mol. The van der Waals surface area contributed by atoms with Crippen molar-refractivity contribution in [2.75, 3.05) is 18.0 Å². The molecule has 0 aliphatic rings. The molecule has 0 aromatic heterocycles. The van der Waals surface area contributed by atoms with Gasteiger partial charge in [-0.2, -0.15) is 0 Å². The zero-order valence-corrected chi connectivity index (χ0v) is 12.6. The molecule has 0 atom stereocenters. The van der Waals surface area contributed by atoms with E-state index in [9.17, 15) is 8.42 Å². The third kappa shape index (κ3) is 3.60. The summed E-state index contributed by atoms with van der Waals surface area (Å²) >= 11 is 0. The van der Waals surface area contributed by atoms with Gasteiger partial charge in [0.2, 0.25) is 0 Å². The molecule has 21 heavy (non-hydrogen) atoms. The summed E-state index contributed by atoms with van der Waals surface area (Å²) in [7, 11) is -2.01. The van der Waals surface area contributed by atoms with E-state index in [-0.39, 0.29) is 4.90 Å². The van der Waals surface area contributed by atoms with E-state index in [2.05, 4.69) is 4.84 Å². The number of para-hydroxylation sites is 1. The Hall–Kier alpha value is -1.89. The van der Waals surface area contributed by atoms with Gasteiger partial charge < -0.3 is 4.84 Å². The molecular formula is C15H18N2O3S. The molecule has 0 aliphatic carbocycles. The summed E-state index contributed by atoms with van der Waals surface area (Å²) < 4.78 is 26.3. The van der Waals surface area contributed by atoms with Crippen molar-refractivity contribution in [3.05, 3.63) is 60.2 Å². The van der Waals surface area contributed by atoms with E-state index in [4.69, 9.17) is 5.90 Å². The third-order valence-electron chi connectivity index (χ3n) is 3.21. The molecule has 0 fully saturated rings. The second-order valence-corrected chi connectivity index (χ2v) is 6.54. The van der Waals surface area contributed by atoms with Gasteiger partial charge in [0.15, 0.2) is 0 Å². The summed E-state index contributed by atoms with van der Waals surface area (Å²) in [5, 5.41) is 0. The van der Waals surface area contributed by atoms with Crippen LogP contribution >= 0.6 is 0 Å². The highest BCUT2D eigenvalue weighted by atomic mass is 32.2. The standard InChI is InChI=1S/C15H18N2O3S/c1-17(14-5-3-2-4-6-14)21(18,19)15-9-7-13(8-10-15)11-12-20-16/h2-10H,11-12,16H2,1H3. The van der Waals surface area contributed by atoms with Gasteiger partial charge in [0.05, 0.1) is 17.2 Å². The minimum Gasteiger partial charge on any atom is -0.304 e. The van der Waals surface area contributed by atoms with Crippen LogP contribution in [0, 0.1) is 0 Å². The van der Waals surface area contributed by atoms with Crippen LogP contribution in [0.5, 0.6) is 0 Å². The van der Waals surface area contributed by atoms with E-state index >= 15 is 0 Å². The minimum absolute atomic E-state index is 0.256. The van der Waals surface area contributed by atoms with Crippen LogP contribution in [-0.4, -0.2) is 22.1 Å². The zero-order chi connectivity index (χ0) is 15.3. The lowest BCUT2D eigenvalue weighted by molar-refractivity contribution is 0.141. The maximum atomic E-state index is 12.5. The molecule has 2 N–H and O–H groups in total. The SMILES string of the molecule is CN(c1ccccc1)S(=O)(=O)c1ccc(CCON)cc1. The normalized spacial score (nSPS) is 11.3. The molecule has 0 aliphatic heterocycles. The molecule has 0 spiro atoms. The monoisotopic (exact) mass is 306 g/mol. The first-order valence-corrected chi connectivity index (χ1v) is 7.94. The highest BCUT2D eigenvalue weighted by Crippen LogP contribution is 2.21. The number of sulfonamides is 1. The highest BCUT2D eigenvalue weighted by Gasteiger charge is 2.20. The first-order chi connectivity index (χ1) is 10.1. The van der Waals surface area contributed by atoms with E-state index in [1.54, 1.807) is 55.6 Å². The number of nitrogens with two attached hydrogens (primary N) is 1. The fourth-order valence-corrected chi connectivity index (χ4v) is 3.14. The van der Waals surface area contributed by atoms with E-state index in [1.807, 2.05) is 6.07 Å². The van der Waals surface area contributed by atoms with Crippen molar-refractivity contribution in [3.8, 4) is 0 Å². The molecule has 0 unspecified atom stereocenters. The van der Waals surface area contributed by atoms with E-state index < -0.39 is 10.0 Å². The Morgan fingerprint density at radius 2 is 1.67 bits per heavy atom. The van der Waals surface area contributed by atoms with Gasteiger partial charge in [-0.15, -0.1) is 0 Å². The van der Waals surface area contributed by atoms with Crippen LogP contribution in [-0.2, 0) is 21.3 Å². The third-order valence-corrected chi connectivity index (χ3v) is 5.01. The fraction of sp³-hybridized carbons (Fsp3) is 0.200. The Morgan fingerprint density at radius 3 is 2.24 bits per heavy atom. The van der Waals surface area contributed by atoms with Crippen LogP contribution in [0.4, 0.5) is 5.69 Å². The zero-order valence-electron chi connectivity index (χ0n) is 11.8. The number of nitrogens with zero attached hydrogens (tertiary/aromatic N) is 1. The first-order valence-electron chi connectivity index (χ1n) is 6.50. The number of hydrogen-bond acceptors (Lipinski definition) is 4. The van der Waals surface area contributed by atoms with Crippen molar-refractivity contribution in [1.82, 2.24) is 0 Å². The lowest BCUT2D eigenvalue weighted by Crippen LogP contribution is -2.26. The van der Waals surface area contributed by atoms with Gasteiger partial charge in [-0.1, -0.05) is 30.3 Å². The second-order valence-electron chi connectivity index (χ2n) is 4.57. The summed E-state index contributed by atoms with van der Waals surface area (Å²) in [4.78, 5) is 4.77. The molecule has 0 heterocycles. The highest BCUT2D eigenvalue weighted by molar-refractivity contribution is 7.92. The Morgan fingerprint density at radius 1 is 1.05 bits per heavy atom. The molecule has 6 heteroatoms. The van der Waals surface area contributed by atoms with Gasteiger partial charge >= 0.3 is 0 Å². The predicted octanol–water partition coefficient (Wildman–Crippen LogP) is 1.94. The Bertz CT molecular complexity index is 670. The van der Waals surface area contributed by atoms with Gasteiger partial charge in [-0.05, 0) is 36.2 Å². The van der Waals surface area contributed by atoms with Crippen molar-refractivity contribution in [1.29, 1.82) is 0 Å². The molecule has 2 aromatic rings. The van der Waals surface area contributed by atoms with E-state index in [0.29, 0.717) is 18.7 Å². The van der Waals surface area contributed by atoms with Gasteiger partial charge in [0, 0.05) is 7.05 Å². The van der Waals surface area contributed by atoms with Gasteiger partial charge in [0.25, 0.3) is 10.0 Å². The average Bonchev–Trinajstić information content (AvgIpc) is 2.53. The summed E-state index contributed by atoms with van der Waals surface area (Å²) in [6.07, 6.45) is 0.644. The Kier molecular flexibility index (Phi) is 4.95. The van der Waals surface area contributed by atoms with Crippen LogP contribution in [0.3, 0.4) is 0 Å². The number of hydrogen-bond donors (Lipinski definition) is 1. The van der Waals surface area contributed by atoms with Gasteiger partial charge in [0.1, 0.15) is 0 Å². The molecule has 0 saturated carbocycles. The van der Waals surface area contributed by atoms with E-state index in [1.165, 1.54) is 4.31 Å². The van der Waals surface area contributed by atoms with Crippen LogP contribution in [0.25, 0.3) is 0 Å². The van der Waals surface area contributed by atoms with Gasteiger partial charge in [-0.3, -0.25) is 4.31 Å². The summed E-state index contributed by atoms with van der Waals surface area (Å²) in [6, 6.07) is 15.7. The molecule has 5 nitrogen and oxygen atoms in total. The number of anilines is 1. The average molecular weight is 306 g/mol. The smallest absolute Gasteiger partial charge is 0.264 e. The lowest BCUT2D eigenvalue weighted by Gasteiger charge is -2.19. The molecular weight excluding hydrogens is 288 g/mol. The first kappa shape index (κ1) is 15.5. The van der Waals surface area contributed by atoms with Crippen molar-refractivity contribution >= 4 is 15.7 Å². The summed E-state index contributed by atoms with van der Waals surface area (Å²) in [6.45, 7) is 0.399. The lowest BCUT2D eigenvalue weighted by atomic mass is 10.2. The maximum Gasteiger partial charge on any atom is 0.264 e. The van der Waals surface area contributed by atoms with Crippen LogP contribution in [0.15, 0.2) is 59.5 Å². The van der Waals surface area contributed by atoms with Crippen LogP contribution in [0.1, 0.15) is 5.56 Å². The topological polar surface area (TPSA) is 72.6 Å². The van der Waals surface area contributed by atoms with Crippen LogP contribution in [0.2, 0.25) is 0 Å². The maximum absolute atomic E-state index is 12.5. The van der Waals surface area contributed by atoms with E-state index in [0.717, 1.165) is 5.56 Å². The van der Waals surface area contributed by atoms with Crippen molar-refractivity contribution in [2.24, 2.45) is 5.90 Å². The molecule has 112 valence electrons. The Labute approximate surface area is 125 Å². The minimum atomic E-state index is -3.55. The Balaban J connectivity index is 2.23. The van der Waals surface area contributed by atoms with Crippen molar-refractivity contribution in [2.45, 2.75) is 11.3 Å². The summed E-state index contributed by atoms with van der Waals surface area (Å²) in [5.41, 5.74) is 1.60. The molecule has 2 rings (SSSR count).